The molecule has 27 heavy (non-hydrogen) atoms. The molecule has 0 radical (unpaired) electrons. The molecule has 2 aromatic carbocycles. The molecule has 3 rings (SSSR count). The Morgan fingerprint density at radius 3 is 2.59 bits per heavy atom. The summed E-state index contributed by atoms with van der Waals surface area (Å²) in [7, 11) is -3.29. The van der Waals surface area contributed by atoms with Crippen LogP contribution in [0.4, 0.5) is 17.1 Å². The molecule has 1 heterocycles. The standard InChI is InChI=1S/C17H16ClN3O5S/c1-11-9-12(20-7-2-8-27(20,25)26)4-6-16(11)19-17(22)14-10-13(21(23)24)3-5-15(14)18/h3-6,9-10H,2,7-8H2,1H3,(H,19,22). The first kappa shape index (κ1) is 19.1. The predicted molar refractivity (Wildman–Crippen MR) is 103 cm³/mol. The van der Waals surface area contributed by atoms with Crippen molar-refractivity contribution < 1.29 is 18.1 Å². The first-order valence-electron chi connectivity index (χ1n) is 8.05. The number of hydrogen-bond donors (Lipinski definition) is 1. The molecule has 0 aromatic heterocycles. The van der Waals surface area contributed by atoms with Gasteiger partial charge in [0.2, 0.25) is 10.0 Å². The van der Waals surface area contributed by atoms with Gasteiger partial charge in [-0.05, 0) is 43.2 Å². The molecule has 0 bridgehead atoms. The number of sulfonamides is 1. The lowest BCUT2D eigenvalue weighted by molar-refractivity contribution is -0.384. The molecule has 142 valence electrons. The van der Waals surface area contributed by atoms with Gasteiger partial charge in [-0.1, -0.05) is 11.6 Å². The van der Waals surface area contributed by atoms with Crippen molar-refractivity contribution >= 4 is 44.6 Å². The van der Waals surface area contributed by atoms with Gasteiger partial charge in [0.05, 0.1) is 26.9 Å². The number of benzene rings is 2. The molecule has 1 aliphatic heterocycles. The third kappa shape index (κ3) is 3.88. The van der Waals surface area contributed by atoms with Crippen LogP contribution in [0.2, 0.25) is 5.02 Å². The lowest BCUT2D eigenvalue weighted by atomic mass is 10.1. The summed E-state index contributed by atoms with van der Waals surface area (Å²) in [4.78, 5) is 22.8. The van der Waals surface area contributed by atoms with Crippen LogP contribution in [0.3, 0.4) is 0 Å². The second-order valence-corrected chi connectivity index (χ2v) is 8.54. The summed E-state index contributed by atoms with van der Waals surface area (Å²) in [5.41, 5.74) is 1.40. The number of nitrogens with one attached hydrogen (secondary N) is 1. The summed E-state index contributed by atoms with van der Waals surface area (Å²) >= 11 is 5.99. The number of aryl methyl sites for hydroxylation is 1. The molecule has 1 fully saturated rings. The van der Waals surface area contributed by atoms with Gasteiger partial charge in [0, 0.05) is 24.4 Å². The zero-order chi connectivity index (χ0) is 19.8. The third-order valence-corrected chi connectivity index (χ3v) is 6.45. The van der Waals surface area contributed by atoms with Crippen molar-refractivity contribution in [2.45, 2.75) is 13.3 Å². The first-order chi connectivity index (χ1) is 12.7. The van der Waals surface area contributed by atoms with Crippen LogP contribution in [0.15, 0.2) is 36.4 Å². The van der Waals surface area contributed by atoms with Crippen LogP contribution in [0.5, 0.6) is 0 Å². The van der Waals surface area contributed by atoms with Crippen LogP contribution in [-0.4, -0.2) is 31.5 Å². The quantitative estimate of drug-likeness (QED) is 0.615. The molecule has 0 spiro atoms. The molecule has 0 unspecified atom stereocenters. The van der Waals surface area contributed by atoms with Gasteiger partial charge >= 0.3 is 0 Å². The molecule has 1 N–H and O–H groups in total. The van der Waals surface area contributed by atoms with E-state index in [1.54, 1.807) is 25.1 Å². The Hall–Kier alpha value is -2.65. The molecule has 0 saturated carbocycles. The molecule has 1 aliphatic rings. The molecule has 0 aliphatic carbocycles. The number of non-ortho nitro benzene ring substituents is 1. The molecular weight excluding hydrogens is 394 g/mol. The van der Waals surface area contributed by atoms with E-state index in [4.69, 9.17) is 11.6 Å². The Labute approximate surface area is 160 Å². The SMILES string of the molecule is Cc1cc(N2CCCS2(=O)=O)ccc1NC(=O)c1cc([N+](=O)[O-])ccc1Cl. The van der Waals surface area contributed by atoms with Crippen molar-refractivity contribution in [1.29, 1.82) is 0 Å². The largest absolute Gasteiger partial charge is 0.322 e. The number of nitrogens with zero attached hydrogens (tertiary/aromatic N) is 2. The second kappa shape index (κ2) is 7.16. The zero-order valence-electron chi connectivity index (χ0n) is 14.3. The fraction of sp³-hybridized carbons (Fsp3) is 0.235. The molecule has 2 aromatic rings. The van der Waals surface area contributed by atoms with Crippen LogP contribution in [0.1, 0.15) is 22.3 Å². The summed E-state index contributed by atoms with van der Waals surface area (Å²) in [6.45, 7) is 2.16. The topological polar surface area (TPSA) is 110 Å². The lowest BCUT2D eigenvalue weighted by Gasteiger charge is -2.18. The minimum Gasteiger partial charge on any atom is -0.322 e. The van der Waals surface area contributed by atoms with Gasteiger partial charge in [-0.2, -0.15) is 0 Å². The van der Waals surface area contributed by atoms with Crippen LogP contribution < -0.4 is 9.62 Å². The highest BCUT2D eigenvalue weighted by atomic mass is 35.5. The van der Waals surface area contributed by atoms with Gasteiger partial charge in [0.15, 0.2) is 0 Å². The Morgan fingerprint density at radius 2 is 2.00 bits per heavy atom. The number of nitro groups is 1. The highest BCUT2D eigenvalue weighted by molar-refractivity contribution is 7.93. The molecule has 8 nitrogen and oxygen atoms in total. The molecule has 0 atom stereocenters. The van der Waals surface area contributed by atoms with Crippen molar-refractivity contribution in [3.8, 4) is 0 Å². The predicted octanol–water partition coefficient (Wildman–Crippen LogP) is 3.35. The summed E-state index contributed by atoms with van der Waals surface area (Å²) < 4.78 is 25.4. The van der Waals surface area contributed by atoms with Gasteiger partial charge in [-0.15, -0.1) is 0 Å². The van der Waals surface area contributed by atoms with E-state index in [1.807, 2.05) is 0 Å². The highest BCUT2D eigenvalue weighted by Gasteiger charge is 2.28. The Balaban J connectivity index is 1.85. The molecule has 1 saturated heterocycles. The number of amides is 1. The average molecular weight is 410 g/mol. The van der Waals surface area contributed by atoms with Crippen molar-refractivity contribution in [2.75, 3.05) is 21.9 Å². The Kier molecular flexibility index (Phi) is 5.07. The number of halogens is 1. The van der Waals surface area contributed by atoms with Crippen LogP contribution in [0, 0.1) is 17.0 Å². The summed E-state index contributed by atoms with van der Waals surface area (Å²) in [5.74, 6) is -0.469. The van der Waals surface area contributed by atoms with Gasteiger partial charge in [0.1, 0.15) is 0 Å². The monoisotopic (exact) mass is 409 g/mol. The van der Waals surface area contributed by atoms with Crippen molar-refractivity contribution in [3.05, 3.63) is 62.7 Å². The maximum Gasteiger partial charge on any atom is 0.270 e. The minimum atomic E-state index is -3.29. The van der Waals surface area contributed by atoms with Gasteiger partial charge in [0.25, 0.3) is 11.6 Å². The van der Waals surface area contributed by atoms with Crippen molar-refractivity contribution in [1.82, 2.24) is 0 Å². The van der Waals surface area contributed by atoms with E-state index in [0.717, 1.165) is 6.07 Å². The van der Waals surface area contributed by atoms with E-state index in [2.05, 4.69) is 5.32 Å². The fourth-order valence-electron chi connectivity index (χ4n) is 2.86. The average Bonchev–Trinajstić information content (AvgIpc) is 2.96. The van der Waals surface area contributed by atoms with E-state index in [1.165, 1.54) is 16.4 Å². The first-order valence-corrected chi connectivity index (χ1v) is 10.0. The van der Waals surface area contributed by atoms with Gasteiger partial charge in [-0.25, -0.2) is 8.42 Å². The van der Waals surface area contributed by atoms with E-state index in [9.17, 15) is 23.3 Å². The molecule has 10 heteroatoms. The number of nitro benzene ring substituents is 1. The van der Waals surface area contributed by atoms with Crippen LogP contribution in [0.25, 0.3) is 0 Å². The van der Waals surface area contributed by atoms with E-state index in [0.29, 0.717) is 29.9 Å². The third-order valence-electron chi connectivity index (χ3n) is 4.25. The van der Waals surface area contributed by atoms with Gasteiger partial charge in [-0.3, -0.25) is 19.2 Å². The summed E-state index contributed by atoms with van der Waals surface area (Å²) in [6, 6.07) is 8.51. The number of carbonyl (C=O) groups is 1. The van der Waals surface area contributed by atoms with E-state index in [-0.39, 0.29) is 22.0 Å². The zero-order valence-corrected chi connectivity index (χ0v) is 15.9. The second-order valence-electron chi connectivity index (χ2n) is 6.12. The normalized spacial score (nSPS) is 15.6. The number of carbonyl (C=O) groups excluding carboxylic acids is 1. The van der Waals surface area contributed by atoms with E-state index >= 15 is 0 Å². The van der Waals surface area contributed by atoms with Gasteiger partial charge < -0.3 is 5.32 Å². The lowest BCUT2D eigenvalue weighted by Crippen LogP contribution is -2.25. The number of rotatable bonds is 4. The van der Waals surface area contributed by atoms with Crippen molar-refractivity contribution in [3.63, 3.8) is 0 Å². The summed E-state index contributed by atoms with van der Waals surface area (Å²) in [6.07, 6.45) is 0.575. The fourth-order valence-corrected chi connectivity index (χ4v) is 4.62. The number of hydrogen-bond acceptors (Lipinski definition) is 5. The van der Waals surface area contributed by atoms with Crippen molar-refractivity contribution in [2.24, 2.45) is 0 Å². The van der Waals surface area contributed by atoms with E-state index < -0.39 is 20.9 Å². The maximum atomic E-state index is 12.5. The minimum absolute atomic E-state index is 0.0172. The summed E-state index contributed by atoms with van der Waals surface area (Å²) in [5, 5.41) is 13.6. The van der Waals surface area contributed by atoms with Crippen LogP contribution in [-0.2, 0) is 10.0 Å². The smallest absolute Gasteiger partial charge is 0.270 e. The number of anilines is 2. The maximum absolute atomic E-state index is 12.5. The Morgan fingerprint density at radius 1 is 1.26 bits per heavy atom. The molecule has 1 amide bonds. The Bertz CT molecular complexity index is 1040. The highest BCUT2D eigenvalue weighted by Crippen LogP contribution is 2.29. The van der Waals surface area contributed by atoms with Crippen LogP contribution >= 0.6 is 11.6 Å². The molecular formula is C17H16ClN3O5S.